The topological polar surface area (TPSA) is 81.7 Å². The molecule has 0 aliphatic carbocycles. The second kappa shape index (κ2) is 8.74. The largest absolute Gasteiger partial charge is 0.480 e. The van der Waals surface area contributed by atoms with E-state index in [0.29, 0.717) is 12.6 Å². The van der Waals surface area contributed by atoms with Gasteiger partial charge in [0, 0.05) is 12.6 Å². The summed E-state index contributed by atoms with van der Waals surface area (Å²) in [5.74, 6) is -1.04. The van der Waals surface area contributed by atoms with E-state index in [1.807, 2.05) is 0 Å². The number of rotatable bonds is 8. The van der Waals surface area contributed by atoms with Gasteiger partial charge >= 0.3 is 12.0 Å². The molecule has 0 heterocycles. The van der Waals surface area contributed by atoms with E-state index in [1.54, 1.807) is 0 Å². The van der Waals surface area contributed by atoms with Crippen LogP contribution in [0.1, 0.15) is 33.6 Å². The first kappa shape index (κ1) is 16.7. The van der Waals surface area contributed by atoms with Gasteiger partial charge in [-0.1, -0.05) is 0 Å². The van der Waals surface area contributed by atoms with Gasteiger partial charge in [-0.3, -0.25) is 4.79 Å². The fourth-order valence-corrected chi connectivity index (χ4v) is 1.26. The number of hydrogen-bond donors (Lipinski definition) is 3. The SMILES string of the molecule is CC(NC(=O)NCCCCN(C)C(C)C)C(=O)O. The number of aliphatic carboxylic acids is 1. The number of carbonyl (C=O) groups is 2. The maximum Gasteiger partial charge on any atom is 0.325 e. The van der Waals surface area contributed by atoms with Crippen LogP contribution in [0.5, 0.6) is 0 Å². The average Bonchev–Trinajstić information content (AvgIpc) is 2.27. The van der Waals surface area contributed by atoms with Crippen molar-refractivity contribution in [3.63, 3.8) is 0 Å². The van der Waals surface area contributed by atoms with Gasteiger partial charge in [-0.25, -0.2) is 4.79 Å². The molecule has 0 fully saturated rings. The second-order valence-corrected chi connectivity index (χ2v) is 4.74. The molecule has 6 nitrogen and oxygen atoms in total. The molecule has 1 unspecified atom stereocenters. The van der Waals surface area contributed by atoms with Crippen molar-refractivity contribution >= 4 is 12.0 Å². The number of carboxylic acid groups (broad SMARTS) is 1. The van der Waals surface area contributed by atoms with Crippen molar-refractivity contribution in [1.29, 1.82) is 0 Å². The van der Waals surface area contributed by atoms with Crippen molar-refractivity contribution in [1.82, 2.24) is 15.5 Å². The maximum absolute atomic E-state index is 11.3. The van der Waals surface area contributed by atoms with Crippen LogP contribution in [0.25, 0.3) is 0 Å². The van der Waals surface area contributed by atoms with Crippen LogP contribution in [-0.2, 0) is 4.79 Å². The van der Waals surface area contributed by atoms with Gasteiger partial charge in [0.1, 0.15) is 6.04 Å². The van der Waals surface area contributed by atoms with Gasteiger partial charge in [0.05, 0.1) is 0 Å². The Kier molecular flexibility index (Phi) is 8.11. The lowest BCUT2D eigenvalue weighted by atomic mass is 10.2. The first-order valence-corrected chi connectivity index (χ1v) is 6.32. The normalized spacial score (nSPS) is 12.6. The van der Waals surface area contributed by atoms with Crippen molar-refractivity contribution in [3.05, 3.63) is 0 Å². The van der Waals surface area contributed by atoms with Crippen molar-refractivity contribution < 1.29 is 14.7 Å². The summed E-state index contributed by atoms with van der Waals surface area (Å²) in [5.41, 5.74) is 0. The number of urea groups is 1. The highest BCUT2D eigenvalue weighted by Crippen LogP contribution is 1.97. The molecular weight excluding hydrogens is 234 g/mol. The Hall–Kier alpha value is -1.30. The summed E-state index contributed by atoms with van der Waals surface area (Å²) in [6, 6.07) is -0.767. The maximum atomic E-state index is 11.3. The number of carbonyl (C=O) groups excluding carboxylic acids is 1. The molecule has 0 aliphatic heterocycles. The third-order valence-electron chi connectivity index (χ3n) is 2.82. The smallest absolute Gasteiger partial charge is 0.325 e. The van der Waals surface area contributed by atoms with E-state index >= 15 is 0 Å². The molecule has 3 N–H and O–H groups in total. The molecule has 0 aromatic carbocycles. The lowest BCUT2D eigenvalue weighted by Crippen LogP contribution is -2.44. The zero-order valence-electron chi connectivity index (χ0n) is 11.7. The van der Waals surface area contributed by atoms with Crippen LogP contribution in [0.15, 0.2) is 0 Å². The van der Waals surface area contributed by atoms with Crippen LogP contribution in [0, 0.1) is 0 Å². The molecule has 0 rings (SSSR count). The minimum atomic E-state index is -1.04. The molecule has 0 saturated carbocycles. The highest BCUT2D eigenvalue weighted by molar-refractivity contribution is 5.82. The van der Waals surface area contributed by atoms with Crippen LogP contribution in [0.4, 0.5) is 4.79 Å². The van der Waals surface area contributed by atoms with Crippen molar-refractivity contribution in [2.75, 3.05) is 20.1 Å². The highest BCUT2D eigenvalue weighted by Gasteiger charge is 2.12. The number of hydrogen-bond acceptors (Lipinski definition) is 3. The van der Waals surface area contributed by atoms with Gasteiger partial charge < -0.3 is 20.6 Å². The second-order valence-electron chi connectivity index (χ2n) is 4.74. The molecule has 106 valence electrons. The average molecular weight is 259 g/mol. The number of amides is 2. The van der Waals surface area contributed by atoms with E-state index in [1.165, 1.54) is 6.92 Å². The van der Waals surface area contributed by atoms with Gasteiger partial charge in [-0.2, -0.15) is 0 Å². The van der Waals surface area contributed by atoms with Crippen LogP contribution in [0.2, 0.25) is 0 Å². The van der Waals surface area contributed by atoms with E-state index in [0.717, 1.165) is 19.4 Å². The zero-order chi connectivity index (χ0) is 14.1. The summed E-state index contributed by atoms with van der Waals surface area (Å²) >= 11 is 0. The predicted molar refractivity (Wildman–Crippen MR) is 70.6 cm³/mol. The quantitative estimate of drug-likeness (QED) is 0.565. The van der Waals surface area contributed by atoms with Crippen LogP contribution < -0.4 is 10.6 Å². The summed E-state index contributed by atoms with van der Waals surface area (Å²) in [7, 11) is 2.07. The van der Waals surface area contributed by atoms with E-state index in [4.69, 9.17) is 5.11 Å². The van der Waals surface area contributed by atoms with E-state index in [9.17, 15) is 9.59 Å². The lowest BCUT2D eigenvalue weighted by Gasteiger charge is -2.20. The van der Waals surface area contributed by atoms with Gasteiger partial charge in [-0.15, -0.1) is 0 Å². The molecule has 0 radical (unpaired) electrons. The minimum Gasteiger partial charge on any atom is -0.480 e. The fraction of sp³-hybridized carbons (Fsp3) is 0.833. The first-order valence-electron chi connectivity index (χ1n) is 6.32. The third kappa shape index (κ3) is 7.89. The summed E-state index contributed by atoms with van der Waals surface area (Å²) in [6.07, 6.45) is 1.88. The van der Waals surface area contributed by atoms with E-state index < -0.39 is 18.0 Å². The Morgan fingerprint density at radius 1 is 1.22 bits per heavy atom. The zero-order valence-corrected chi connectivity index (χ0v) is 11.7. The fourth-order valence-electron chi connectivity index (χ4n) is 1.26. The Bertz CT molecular complexity index is 269. The lowest BCUT2D eigenvalue weighted by molar-refractivity contribution is -0.138. The molecule has 6 heteroatoms. The molecule has 0 aromatic rings. The molecule has 18 heavy (non-hydrogen) atoms. The molecule has 2 amide bonds. The van der Waals surface area contributed by atoms with Gasteiger partial charge in [0.15, 0.2) is 0 Å². The summed E-state index contributed by atoms with van der Waals surface area (Å²) in [6.45, 7) is 7.26. The standard InChI is InChI=1S/C12H25N3O3/c1-9(2)15(4)8-6-5-7-13-12(18)14-10(3)11(16)17/h9-10H,5-8H2,1-4H3,(H,16,17)(H2,13,14,18). The molecule has 0 bridgehead atoms. The van der Waals surface area contributed by atoms with Gasteiger partial charge in [-0.05, 0) is 47.2 Å². The molecule has 0 saturated heterocycles. The Labute approximate surface area is 109 Å². The number of carboxylic acids is 1. The van der Waals surface area contributed by atoms with E-state index in [-0.39, 0.29) is 0 Å². The van der Waals surface area contributed by atoms with Crippen LogP contribution in [-0.4, -0.2) is 54.2 Å². The first-order chi connectivity index (χ1) is 8.34. The Morgan fingerprint density at radius 3 is 2.33 bits per heavy atom. The molecule has 1 atom stereocenters. The van der Waals surface area contributed by atoms with E-state index in [2.05, 4.69) is 36.4 Å². The summed E-state index contributed by atoms with van der Waals surface area (Å²) in [5, 5.41) is 13.6. The predicted octanol–water partition coefficient (Wildman–Crippen LogP) is 0.879. The highest BCUT2D eigenvalue weighted by atomic mass is 16.4. The van der Waals surface area contributed by atoms with Gasteiger partial charge in [0.2, 0.25) is 0 Å². The molecule has 0 aliphatic rings. The number of nitrogens with zero attached hydrogens (tertiary/aromatic N) is 1. The van der Waals surface area contributed by atoms with Crippen molar-refractivity contribution in [2.24, 2.45) is 0 Å². The summed E-state index contributed by atoms with van der Waals surface area (Å²) in [4.78, 5) is 24.0. The third-order valence-corrected chi connectivity index (χ3v) is 2.82. The Balaban J connectivity index is 3.55. The van der Waals surface area contributed by atoms with Crippen molar-refractivity contribution in [2.45, 2.75) is 45.7 Å². The monoisotopic (exact) mass is 259 g/mol. The number of unbranched alkanes of at least 4 members (excludes halogenated alkanes) is 1. The molecule has 0 aromatic heterocycles. The number of nitrogens with one attached hydrogen (secondary N) is 2. The minimum absolute atomic E-state index is 0.429. The van der Waals surface area contributed by atoms with Gasteiger partial charge in [0.25, 0.3) is 0 Å². The molecule has 0 spiro atoms. The Morgan fingerprint density at radius 2 is 1.83 bits per heavy atom. The summed E-state index contributed by atoms with van der Waals surface area (Å²) < 4.78 is 0. The van der Waals surface area contributed by atoms with Crippen LogP contribution in [0.3, 0.4) is 0 Å². The molecular formula is C12H25N3O3. The van der Waals surface area contributed by atoms with Crippen molar-refractivity contribution in [3.8, 4) is 0 Å². The van der Waals surface area contributed by atoms with Crippen LogP contribution >= 0.6 is 0 Å².